The monoisotopic (exact) mass is 249 g/mol. The van der Waals surface area contributed by atoms with Crippen LogP contribution in [-0.4, -0.2) is 67.0 Å². The van der Waals surface area contributed by atoms with Crippen LogP contribution in [-0.2, 0) is 0 Å². The molecule has 2 rings (SSSR count). The summed E-state index contributed by atoms with van der Waals surface area (Å²) < 4.78 is 0. The summed E-state index contributed by atoms with van der Waals surface area (Å²) in [6, 6.07) is 0. The van der Waals surface area contributed by atoms with Crippen LogP contribution in [0.3, 0.4) is 0 Å². The third-order valence-electron chi connectivity index (χ3n) is 3.51. The highest BCUT2D eigenvalue weighted by molar-refractivity contribution is 5.80. The summed E-state index contributed by atoms with van der Waals surface area (Å²) in [5.74, 6) is 0. The van der Waals surface area contributed by atoms with Crippen LogP contribution in [0.15, 0.2) is 28.4 Å². The highest BCUT2D eigenvalue weighted by atomic mass is 16.3. The van der Waals surface area contributed by atoms with E-state index >= 15 is 0 Å². The van der Waals surface area contributed by atoms with Crippen molar-refractivity contribution in [3.8, 4) is 0 Å². The van der Waals surface area contributed by atoms with E-state index in [9.17, 15) is 0 Å². The SMILES string of the molecule is CC1=CCC=C(CN2CCN(CCO)CC2)C=N1. The Bertz CT molecular complexity index is 352. The van der Waals surface area contributed by atoms with Crippen LogP contribution in [0.2, 0.25) is 0 Å². The van der Waals surface area contributed by atoms with E-state index in [0.29, 0.717) is 0 Å². The summed E-state index contributed by atoms with van der Waals surface area (Å²) in [7, 11) is 0. The number of aliphatic hydroxyl groups is 1. The molecular weight excluding hydrogens is 226 g/mol. The lowest BCUT2D eigenvalue weighted by Crippen LogP contribution is -2.47. The fourth-order valence-electron chi connectivity index (χ4n) is 2.35. The van der Waals surface area contributed by atoms with Crippen molar-refractivity contribution in [2.45, 2.75) is 13.3 Å². The topological polar surface area (TPSA) is 39.1 Å². The Hall–Kier alpha value is -0.970. The van der Waals surface area contributed by atoms with Crippen molar-refractivity contribution in [1.82, 2.24) is 9.80 Å². The number of aliphatic imine (C=N–C) groups is 1. The normalized spacial score (nSPS) is 22.6. The van der Waals surface area contributed by atoms with Gasteiger partial charge in [0.15, 0.2) is 0 Å². The summed E-state index contributed by atoms with van der Waals surface area (Å²) in [5, 5.41) is 8.91. The van der Waals surface area contributed by atoms with Crippen LogP contribution in [0.4, 0.5) is 0 Å². The molecule has 0 amide bonds. The zero-order valence-electron chi connectivity index (χ0n) is 11.2. The van der Waals surface area contributed by atoms with Crippen LogP contribution in [0.5, 0.6) is 0 Å². The van der Waals surface area contributed by atoms with Gasteiger partial charge in [-0.05, 0) is 18.9 Å². The van der Waals surface area contributed by atoms with Gasteiger partial charge in [0.05, 0.1) is 6.61 Å². The Kier molecular flexibility index (Phi) is 5.11. The Morgan fingerprint density at radius 1 is 1.17 bits per heavy atom. The molecule has 1 saturated heterocycles. The third kappa shape index (κ3) is 4.05. The first-order chi connectivity index (χ1) is 8.78. The smallest absolute Gasteiger partial charge is 0.0558 e. The van der Waals surface area contributed by atoms with E-state index in [-0.39, 0.29) is 6.61 Å². The molecule has 2 aliphatic rings. The fourth-order valence-corrected chi connectivity index (χ4v) is 2.35. The molecular formula is C14H23N3O. The zero-order chi connectivity index (χ0) is 12.8. The van der Waals surface area contributed by atoms with Gasteiger partial charge in [0, 0.05) is 51.2 Å². The molecule has 0 saturated carbocycles. The van der Waals surface area contributed by atoms with E-state index in [0.717, 1.165) is 51.4 Å². The first-order valence-corrected chi connectivity index (χ1v) is 6.73. The molecule has 0 radical (unpaired) electrons. The van der Waals surface area contributed by atoms with Gasteiger partial charge in [-0.1, -0.05) is 12.2 Å². The lowest BCUT2D eigenvalue weighted by Gasteiger charge is -2.34. The second kappa shape index (κ2) is 6.83. The lowest BCUT2D eigenvalue weighted by atomic mass is 10.2. The molecule has 4 nitrogen and oxygen atoms in total. The third-order valence-corrected chi connectivity index (χ3v) is 3.51. The van der Waals surface area contributed by atoms with E-state index < -0.39 is 0 Å². The van der Waals surface area contributed by atoms with Crippen molar-refractivity contribution in [2.75, 3.05) is 45.9 Å². The molecule has 18 heavy (non-hydrogen) atoms. The minimum absolute atomic E-state index is 0.267. The Balaban J connectivity index is 1.78. The number of aliphatic hydroxyl groups excluding tert-OH is 1. The van der Waals surface area contributed by atoms with Gasteiger partial charge in [0.2, 0.25) is 0 Å². The van der Waals surface area contributed by atoms with E-state index in [1.807, 2.05) is 13.1 Å². The number of hydrogen-bond donors (Lipinski definition) is 1. The molecule has 0 bridgehead atoms. The van der Waals surface area contributed by atoms with Crippen LogP contribution < -0.4 is 0 Å². The maximum absolute atomic E-state index is 8.91. The van der Waals surface area contributed by atoms with Crippen molar-refractivity contribution in [1.29, 1.82) is 0 Å². The largest absolute Gasteiger partial charge is 0.395 e. The van der Waals surface area contributed by atoms with Crippen molar-refractivity contribution < 1.29 is 5.11 Å². The van der Waals surface area contributed by atoms with Crippen molar-refractivity contribution in [3.05, 3.63) is 23.4 Å². The second-order valence-electron chi connectivity index (χ2n) is 4.96. The number of rotatable bonds is 4. The highest BCUT2D eigenvalue weighted by Gasteiger charge is 2.16. The van der Waals surface area contributed by atoms with Gasteiger partial charge in [0.1, 0.15) is 0 Å². The van der Waals surface area contributed by atoms with E-state index in [1.54, 1.807) is 0 Å². The molecule has 0 aromatic heterocycles. The van der Waals surface area contributed by atoms with Gasteiger partial charge in [0.25, 0.3) is 0 Å². The second-order valence-corrected chi connectivity index (χ2v) is 4.96. The van der Waals surface area contributed by atoms with Gasteiger partial charge in [-0.15, -0.1) is 0 Å². The van der Waals surface area contributed by atoms with E-state index in [2.05, 4.69) is 26.9 Å². The number of piperazine rings is 1. The molecule has 0 spiro atoms. The summed E-state index contributed by atoms with van der Waals surface area (Å²) >= 11 is 0. The van der Waals surface area contributed by atoms with Crippen LogP contribution in [0.25, 0.3) is 0 Å². The molecule has 0 aromatic carbocycles. The Morgan fingerprint density at radius 3 is 2.61 bits per heavy atom. The first-order valence-electron chi connectivity index (χ1n) is 6.73. The fraction of sp³-hybridized carbons (Fsp3) is 0.643. The van der Waals surface area contributed by atoms with E-state index in [1.165, 1.54) is 5.57 Å². The number of hydrogen-bond acceptors (Lipinski definition) is 4. The summed E-state index contributed by atoms with van der Waals surface area (Å²) in [6.45, 7) is 8.39. The molecule has 1 fully saturated rings. The number of allylic oxidation sites excluding steroid dienone is 3. The predicted molar refractivity (Wildman–Crippen MR) is 74.9 cm³/mol. The maximum Gasteiger partial charge on any atom is 0.0558 e. The van der Waals surface area contributed by atoms with Crippen molar-refractivity contribution >= 4 is 6.21 Å². The average molecular weight is 249 g/mol. The molecule has 0 unspecified atom stereocenters. The number of β-amino-alcohol motifs (C(OH)–C–C–N with tert-alkyl or cyclic N) is 1. The Morgan fingerprint density at radius 2 is 1.89 bits per heavy atom. The van der Waals surface area contributed by atoms with Gasteiger partial charge in [-0.3, -0.25) is 14.8 Å². The highest BCUT2D eigenvalue weighted by Crippen LogP contribution is 2.09. The minimum atomic E-state index is 0.267. The molecule has 2 aliphatic heterocycles. The van der Waals surface area contributed by atoms with Gasteiger partial charge in [-0.2, -0.15) is 0 Å². The predicted octanol–water partition coefficient (Wildman–Crippen LogP) is 0.901. The summed E-state index contributed by atoms with van der Waals surface area (Å²) in [6.07, 6.45) is 7.41. The lowest BCUT2D eigenvalue weighted by molar-refractivity contribution is 0.119. The van der Waals surface area contributed by atoms with Gasteiger partial charge in [-0.25, -0.2) is 0 Å². The molecule has 0 aliphatic carbocycles. The van der Waals surface area contributed by atoms with Crippen molar-refractivity contribution in [3.63, 3.8) is 0 Å². The maximum atomic E-state index is 8.91. The minimum Gasteiger partial charge on any atom is -0.395 e. The molecule has 4 heteroatoms. The Labute approximate surface area is 109 Å². The van der Waals surface area contributed by atoms with Crippen LogP contribution in [0.1, 0.15) is 13.3 Å². The van der Waals surface area contributed by atoms with Gasteiger partial charge >= 0.3 is 0 Å². The standard InChI is InChI=1S/C14H23N3O/c1-13-3-2-4-14(11-15-13)12-17-7-5-16(6-8-17)9-10-18/h3-4,11,18H,2,5-10,12H2,1H3. The molecule has 0 aromatic rings. The van der Waals surface area contributed by atoms with Crippen LogP contribution in [0, 0.1) is 0 Å². The average Bonchev–Trinajstić information content (AvgIpc) is 2.57. The van der Waals surface area contributed by atoms with Crippen molar-refractivity contribution in [2.24, 2.45) is 4.99 Å². The first kappa shape index (κ1) is 13.5. The molecule has 100 valence electrons. The molecule has 0 atom stereocenters. The summed E-state index contributed by atoms with van der Waals surface area (Å²) in [4.78, 5) is 9.19. The van der Waals surface area contributed by atoms with Crippen LogP contribution >= 0.6 is 0 Å². The zero-order valence-corrected chi connectivity index (χ0v) is 11.2. The molecule has 2 heterocycles. The molecule has 1 N–H and O–H groups in total. The van der Waals surface area contributed by atoms with Gasteiger partial charge < -0.3 is 5.11 Å². The number of nitrogens with zero attached hydrogens (tertiary/aromatic N) is 3. The van der Waals surface area contributed by atoms with E-state index in [4.69, 9.17) is 5.11 Å². The quantitative estimate of drug-likeness (QED) is 0.804. The summed E-state index contributed by atoms with van der Waals surface area (Å²) in [5.41, 5.74) is 2.42.